The van der Waals surface area contributed by atoms with Gasteiger partial charge in [-0.2, -0.15) is 0 Å². The number of carbonyl (C=O) groups is 1. The van der Waals surface area contributed by atoms with E-state index < -0.39 is 13.0 Å². The van der Waals surface area contributed by atoms with Crippen molar-refractivity contribution in [2.45, 2.75) is 24.7 Å². The van der Waals surface area contributed by atoms with E-state index in [0.717, 1.165) is 24.8 Å². The maximum absolute atomic E-state index is 12.5. The Morgan fingerprint density at radius 1 is 1.21 bits per heavy atom. The molecule has 104 valence electrons. The van der Waals surface area contributed by atoms with E-state index in [2.05, 4.69) is 0 Å². The summed E-state index contributed by atoms with van der Waals surface area (Å²) in [6.45, 7) is 0. The van der Waals surface area contributed by atoms with Crippen molar-refractivity contribution in [3.63, 3.8) is 0 Å². The number of hydrogen-bond acceptors (Lipinski definition) is 4. The first kappa shape index (κ1) is 14.4. The minimum atomic E-state index is -3.28. The van der Waals surface area contributed by atoms with Crippen molar-refractivity contribution in [2.75, 3.05) is 20.4 Å². The molecule has 1 aromatic rings. The Bertz CT molecular complexity index is 485. The van der Waals surface area contributed by atoms with Crippen LogP contribution in [-0.4, -0.2) is 26.2 Å². The van der Waals surface area contributed by atoms with Gasteiger partial charge in [0.25, 0.3) is 0 Å². The molecule has 0 radical (unpaired) electrons. The number of rotatable bonds is 6. The average Bonchev–Trinajstić information content (AvgIpc) is 2.38. The highest BCUT2D eigenvalue weighted by Gasteiger charge is 2.47. The Balaban J connectivity index is 2.23. The van der Waals surface area contributed by atoms with E-state index in [9.17, 15) is 9.36 Å². The lowest BCUT2D eigenvalue weighted by Crippen LogP contribution is -2.44. The maximum Gasteiger partial charge on any atom is 0.337 e. The molecule has 0 aliphatic heterocycles. The zero-order valence-corrected chi connectivity index (χ0v) is 12.2. The quantitative estimate of drug-likeness (QED) is 0.752. The van der Waals surface area contributed by atoms with Gasteiger partial charge in [-0.05, 0) is 18.4 Å². The second kappa shape index (κ2) is 5.58. The summed E-state index contributed by atoms with van der Waals surface area (Å²) in [5.74, 6) is -0.0445. The van der Waals surface area contributed by atoms with Gasteiger partial charge in [0.2, 0.25) is 0 Å². The van der Waals surface area contributed by atoms with Gasteiger partial charge in [-0.3, -0.25) is 9.36 Å². The minimum Gasteiger partial charge on any atom is -0.312 e. The molecule has 0 N–H and O–H groups in total. The van der Waals surface area contributed by atoms with Gasteiger partial charge in [0.05, 0.1) is 5.41 Å². The Morgan fingerprint density at radius 2 is 1.79 bits per heavy atom. The Hall–Kier alpha value is -0.960. The lowest BCUT2D eigenvalue weighted by molar-refractivity contribution is -0.125. The largest absolute Gasteiger partial charge is 0.337 e. The van der Waals surface area contributed by atoms with Crippen LogP contribution in [0.25, 0.3) is 0 Å². The molecule has 0 bridgehead atoms. The number of hydrogen-bond donors (Lipinski definition) is 0. The van der Waals surface area contributed by atoms with Crippen LogP contribution in [0.4, 0.5) is 0 Å². The van der Waals surface area contributed by atoms with Crippen LogP contribution in [0, 0.1) is 0 Å². The van der Waals surface area contributed by atoms with Crippen molar-refractivity contribution in [1.82, 2.24) is 0 Å². The predicted octanol–water partition coefficient (Wildman–Crippen LogP) is 3.16. The van der Waals surface area contributed by atoms with Gasteiger partial charge in [0.1, 0.15) is 6.16 Å². The molecular weight excluding hydrogens is 263 g/mol. The molecular formula is C14H19O4P. The molecule has 0 heterocycles. The molecule has 0 unspecified atom stereocenters. The molecule has 0 spiro atoms. The van der Waals surface area contributed by atoms with Gasteiger partial charge < -0.3 is 9.05 Å². The van der Waals surface area contributed by atoms with Crippen LogP contribution in [0.5, 0.6) is 0 Å². The van der Waals surface area contributed by atoms with Crippen molar-refractivity contribution >= 4 is 13.4 Å². The third-order valence-electron chi connectivity index (χ3n) is 3.96. The lowest BCUT2D eigenvalue weighted by Gasteiger charge is -2.41. The van der Waals surface area contributed by atoms with Crippen LogP contribution in [0.1, 0.15) is 24.8 Å². The molecule has 5 heteroatoms. The third kappa shape index (κ3) is 2.66. The Labute approximate surface area is 113 Å². The summed E-state index contributed by atoms with van der Waals surface area (Å²) in [6, 6.07) is 9.70. The van der Waals surface area contributed by atoms with Crippen LogP contribution in [0.15, 0.2) is 30.3 Å². The topological polar surface area (TPSA) is 52.6 Å². The van der Waals surface area contributed by atoms with Crippen LogP contribution >= 0.6 is 7.60 Å². The van der Waals surface area contributed by atoms with E-state index in [4.69, 9.17) is 9.05 Å². The standard InChI is InChI=1S/C14H19O4P/c1-17-19(16,18-2)11-13(15)14(9-6-10-14)12-7-4-3-5-8-12/h3-5,7-8H,6,9-11H2,1-2H3. The molecule has 19 heavy (non-hydrogen) atoms. The zero-order valence-electron chi connectivity index (χ0n) is 11.3. The van der Waals surface area contributed by atoms with E-state index in [1.54, 1.807) is 0 Å². The first-order valence-electron chi connectivity index (χ1n) is 6.36. The monoisotopic (exact) mass is 282 g/mol. The van der Waals surface area contributed by atoms with Gasteiger partial charge in [0.15, 0.2) is 5.78 Å². The van der Waals surface area contributed by atoms with Crippen LogP contribution in [0.3, 0.4) is 0 Å². The molecule has 1 aromatic carbocycles. The molecule has 0 saturated heterocycles. The lowest BCUT2D eigenvalue weighted by atomic mass is 9.62. The van der Waals surface area contributed by atoms with E-state index in [0.29, 0.717) is 0 Å². The summed E-state index contributed by atoms with van der Waals surface area (Å²) in [4.78, 5) is 12.5. The van der Waals surface area contributed by atoms with E-state index in [1.807, 2.05) is 30.3 Å². The van der Waals surface area contributed by atoms with Gasteiger partial charge in [-0.15, -0.1) is 0 Å². The zero-order chi connectivity index (χ0) is 13.9. The van der Waals surface area contributed by atoms with Crippen molar-refractivity contribution in [3.8, 4) is 0 Å². The summed E-state index contributed by atoms with van der Waals surface area (Å²) < 4.78 is 21.9. The summed E-state index contributed by atoms with van der Waals surface area (Å²) in [5.41, 5.74) is 0.513. The average molecular weight is 282 g/mol. The Morgan fingerprint density at radius 3 is 2.21 bits per heavy atom. The van der Waals surface area contributed by atoms with Gasteiger partial charge >= 0.3 is 7.60 Å². The van der Waals surface area contributed by atoms with Crippen LogP contribution in [0.2, 0.25) is 0 Å². The van der Waals surface area contributed by atoms with Gasteiger partial charge in [-0.25, -0.2) is 0 Å². The second-order valence-electron chi connectivity index (χ2n) is 4.86. The van der Waals surface area contributed by atoms with Crippen molar-refractivity contribution in [2.24, 2.45) is 0 Å². The number of ketones is 1. The summed E-state index contributed by atoms with van der Waals surface area (Å²) >= 11 is 0. The maximum atomic E-state index is 12.5. The first-order valence-corrected chi connectivity index (χ1v) is 8.08. The summed E-state index contributed by atoms with van der Waals surface area (Å²) in [7, 11) is -0.657. The fourth-order valence-corrected chi connectivity index (χ4v) is 3.61. The van der Waals surface area contributed by atoms with Crippen molar-refractivity contribution in [1.29, 1.82) is 0 Å². The molecule has 1 saturated carbocycles. The van der Waals surface area contributed by atoms with Crippen LogP contribution < -0.4 is 0 Å². The first-order chi connectivity index (χ1) is 9.06. The molecule has 2 rings (SSSR count). The molecule has 1 aliphatic carbocycles. The van der Waals surface area contributed by atoms with Gasteiger partial charge in [-0.1, -0.05) is 36.8 Å². The minimum absolute atomic E-state index is 0.0445. The smallest absolute Gasteiger partial charge is 0.312 e. The Kier molecular flexibility index (Phi) is 4.24. The van der Waals surface area contributed by atoms with E-state index in [1.165, 1.54) is 14.2 Å². The molecule has 1 aliphatic rings. The van der Waals surface area contributed by atoms with Crippen molar-refractivity contribution < 1.29 is 18.4 Å². The molecule has 0 amide bonds. The second-order valence-corrected chi connectivity index (χ2v) is 7.13. The fourth-order valence-electron chi connectivity index (χ4n) is 2.55. The van der Waals surface area contributed by atoms with Crippen LogP contribution in [-0.2, 0) is 23.8 Å². The van der Waals surface area contributed by atoms with E-state index in [-0.39, 0.29) is 11.9 Å². The molecule has 1 fully saturated rings. The molecule has 0 aromatic heterocycles. The van der Waals surface area contributed by atoms with Crippen molar-refractivity contribution in [3.05, 3.63) is 35.9 Å². The normalized spacial score (nSPS) is 17.8. The number of carbonyl (C=O) groups excluding carboxylic acids is 1. The van der Waals surface area contributed by atoms with Gasteiger partial charge in [0, 0.05) is 14.2 Å². The fraction of sp³-hybridized carbons (Fsp3) is 0.500. The highest BCUT2D eigenvalue weighted by Crippen LogP contribution is 2.51. The predicted molar refractivity (Wildman–Crippen MR) is 73.5 cm³/mol. The summed E-state index contributed by atoms with van der Waals surface area (Å²) in [5, 5.41) is 0. The summed E-state index contributed by atoms with van der Waals surface area (Å²) in [6.07, 6.45) is 2.48. The third-order valence-corrected chi connectivity index (χ3v) is 5.75. The number of Topliss-reactive ketones (excluding diaryl/α,β-unsaturated/α-hetero) is 1. The molecule has 4 nitrogen and oxygen atoms in total. The number of benzene rings is 1. The highest BCUT2D eigenvalue weighted by molar-refractivity contribution is 7.54. The van der Waals surface area contributed by atoms with E-state index >= 15 is 0 Å². The SMILES string of the molecule is COP(=O)(CC(=O)C1(c2ccccc2)CCC1)OC. The molecule has 0 atom stereocenters. The highest BCUT2D eigenvalue weighted by atomic mass is 31.2.